The van der Waals surface area contributed by atoms with Crippen molar-refractivity contribution >= 4 is 22.5 Å². The van der Waals surface area contributed by atoms with Crippen LogP contribution in [-0.2, 0) is 6.54 Å². The number of pyridine rings is 1. The first-order valence-electron chi connectivity index (χ1n) is 7.41. The minimum atomic E-state index is -0.525. The van der Waals surface area contributed by atoms with Crippen LogP contribution in [-0.4, -0.2) is 27.7 Å². The number of azo groups is 1. The number of carbonyl (C=O) groups excluding carboxylic acids is 1. The van der Waals surface area contributed by atoms with Gasteiger partial charge in [0.05, 0.1) is 18.2 Å². The molecule has 122 valence electrons. The first-order valence-corrected chi connectivity index (χ1v) is 7.41. The molecular weight excluding hydrogens is 308 g/mol. The second-order valence-electron chi connectivity index (χ2n) is 5.05. The Labute approximate surface area is 138 Å². The molecule has 1 amide bonds. The molecule has 0 spiro atoms. The zero-order valence-electron chi connectivity index (χ0n) is 13.3. The molecule has 24 heavy (non-hydrogen) atoms. The lowest BCUT2D eigenvalue weighted by Crippen LogP contribution is -1.93. The molecule has 0 saturated heterocycles. The Hall–Kier alpha value is -3.22. The fourth-order valence-electron chi connectivity index (χ4n) is 2.49. The van der Waals surface area contributed by atoms with Gasteiger partial charge in [-0.05, 0) is 37.3 Å². The molecule has 3 aromatic rings. The summed E-state index contributed by atoms with van der Waals surface area (Å²) in [5.41, 5.74) is 1.36. The number of hydrogen-bond donors (Lipinski definition) is 1. The van der Waals surface area contributed by atoms with Crippen LogP contribution >= 0.6 is 0 Å². The van der Waals surface area contributed by atoms with Crippen molar-refractivity contribution in [1.82, 2.24) is 9.55 Å². The van der Waals surface area contributed by atoms with Gasteiger partial charge in [0.15, 0.2) is 5.69 Å². The number of nitrogens with zero attached hydrogens (tertiary/aromatic N) is 4. The Morgan fingerprint density at radius 2 is 2.21 bits per heavy atom. The number of aromatic nitrogens is 2. The number of benzene rings is 1. The molecular formula is C17H16N4O3. The molecule has 7 nitrogen and oxygen atoms in total. The van der Waals surface area contributed by atoms with Gasteiger partial charge >= 0.3 is 0 Å². The average Bonchev–Trinajstić information content (AvgIpc) is 2.90. The van der Waals surface area contributed by atoms with Gasteiger partial charge in [-0.3, -0.25) is 9.78 Å². The summed E-state index contributed by atoms with van der Waals surface area (Å²) < 4.78 is 6.91. The van der Waals surface area contributed by atoms with E-state index in [1.54, 1.807) is 42.1 Å². The zero-order valence-corrected chi connectivity index (χ0v) is 13.3. The van der Waals surface area contributed by atoms with E-state index < -0.39 is 5.91 Å². The van der Waals surface area contributed by atoms with Gasteiger partial charge in [-0.2, -0.15) is 0 Å². The summed E-state index contributed by atoms with van der Waals surface area (Å²) in [6.45, 7) is 2.46. The summed E-state index contributed by atoms with van der Waals surface area (Å²) in [6.07, 6.45) is 2.99. The van der Waals surface area contributed by atoms with E-state index in [0.29, 0.717) is 23.2 Å². The van der Waals surface area contributed by atoms with Gasteiger partial charge in [-0.1, -0.05) is 0 Å². The van der Waals surface area contributed by atoms with Crippen LogP contribution in [0.3, 0.4) is 0 Å². The number of methoxy groups -OCH3 is 1. The highest BCUT2D eigenvalue weighted by molar-refractivity contribution is 5.97. The van der Waals surface area contributed by atoms with Crippen LogP contribution in [0.5, 0.6) is 11.6 Å². The second kappa shape index (κ2) is 6.49. The van der Waals surface area contributed by atoms with Crippen molar-refractivity contribution in [2.45, 2.75) is 13.5 Å². The van der Waals surface area contributed by atoms with Crippen LogP contribution in [0.15, 0.2) is 53.0 Å². The molecule has 2 heterocycles. The summed E-state index contributed by atoms with van der Waals surface area (Å²) in [7, 11) is 1.56. The molecule has 0 saturated carbocycles. The lowest BCUT2D eigenvalue weighted by molar-refractivity contribution is 0.0994. The first kappa shape index (κ1) is 15.7. The van der Waals surface area contributed by atoms with Crippen LogP contribution in [0.2, 0.25) is 0 Å². The molecule has 0 bridgehead atoms. The molecule has 7 heteroatoms. The summed E-state index contributed by atoms with van der Waals surface area (Å²) in [6, 6.07) is 8.64. The molecule has 0 radical (unpaired) electrons. The highest BCUT2D eigenvalue weighted by Crippen LogP contribution is 2.40. The third kappa shape index (κ3) is 2.71. The zero-order chi connectivity index (χ0) is 17.1. The number of aromatic hydroxyl groups is 1. The third-order valence-corrected chi connectivity index (χ3v) is 3.68. The van der Waals surface area contributed by atoms with E-state index in [-0.39, 0.29) is 11.6 Å². The highest BCUT2D eigenvalue weighted by Gasteiger charge is 2.17. The predicted octanol–water partition coefficient (Wildman–Crippen LogP) is 3.69. The van der Waals surface area contributed by atoms with Crippen LogP contribution < -0.4 is 4.74 Å². The van der Waals surface area contributed by atoms with Crippen molar-refractivity contribution in [2.24, 2.45) is 10.2 Å². The van der Waals surface area contributed by atoms with Crippen molar-refractivity contribution in [3.63, 3.8) is 0 Å². The molecule has 0 fully saturated rings. The maximum Gasteiger partial charge on any atom is 0.296 e. The number of ether oxygens (including phenoxy) is 1. The van der Waals surface area contributed by atoms with Crippen molar-refractivity contribution in [2.75, 3.05) is 7.11 Å². The minimum Gasteiger partial charge on any atom is -0.497 e. The molecule has 0 aliphatic rings. The van der Waals surface area contributed by atoms with E-state index in [1.165, 1.54) is 6.20 Å². The normalized spacial score (nSPS) is 11.2. The van der Waals surface area contributed by atoms with Gasteiger partial charge in [0.2, 0.25) is 5.88 Å². The van der Waals surface area contributed by atoms with Crippen LogP contribution in [0.1, 0.15) is 17.3 Å². The Morgan fingerprint density at radius 1 is 1.38 bits per heavy atom. The van der Waals surface area contributed by atoms with Gasteiger partial charge in [-0.25, -0.2) is 0 Å². The number of amides is 1. The molecule has 0 aliphatic heterocycles. The number of hydrogen-bond acceptors (Lipinski definition) is 5. The van der Waals surface area contributed by atoms with Gasteiger partial charge in [0.25, 0.3) is 5.91 Å². The van der Waals surface area contributed by atoms with E-state index in [2.05, 4.69) is 15.2 Å². The van der Waals surface area contributed by atoms with Gasteiger partial charge in [0, 0.05) is 24.3 Å². The standard InChI is InChI=1S/C17H16N4O3/c1-3-21-14-7-6-12(24-2)9-13(14)15(17(21)23)19-20-16(22)11-5-4-8-18-10-11/h4-10,23H,3H2,1-2H3. The summed E-state index contributed by atoms with van der Waals surface area (Å²) in [5.74, 6) is 0.0667. The third-order valence-electron chi connectivity index (χ3n) is 3.68. The number of fused-ring (bicyclic) bond motifs is 1. The van der Waals surface area contributed by atoms with Gasteiger partial charge in [0.1, 0.15) is 5.75 Å². The van der Waals surface area contributed by atoms with E-state index in [9.17, 15) is 9.90 Å². The van der Waals surface area contributed by atoms with Crippen molar-refractivity contribution in [3.8, 4) is 11.6 Å². The van der Waals surface area contributed by atoms with Crippen LogP contribution in [0, 0.1) is 0 Å². The molecule has 1 N–H and O–H groups in total. The topological polar surface area (TPSA) is 89.1 Å². The van der Waals surface area contributed by atoms with Crippen molar-refractivity contribution < 1.29 is 14.6 Å². The minimum absolute atomic E-state index is 0.0384. The fourth-order valence-corrected chi connectivity index (χ4v) is 2.49. The summed E-state index contributed by atoms with van der Waals surface area (Å²) in [4.78, 5) is 15.9. The Bertz CT molecular complexity index is 916. The van der Waals surface area contributed by atoms with Gasteiger partial charge in [-0.15, -0.1) is 10.2 Å². The first-order chi connectivity index (χ1) is 11.7. The van der Waals surface area contributed by atoms with E-state index in [0.717, 1.165) is 5.52 Å². The monoisotopic (exact) mass is 324 g/mol. The van der Waals surface area contributed by atoms with Gasteiger partial charge < -0.3 is 14.4 Å². The molecule has 0 unspecified atom stereocenters. The summed E-state index contributed by atoms with van der Waals surface area (Å²) >= 11 is 0. The molecule has 0 aliphatic carbocycles. The fraction of sp³-hybridized carbons (Fsp3) is 0.176. The lowest BCUT2D eigenvalue weighted by Gasteiger charge is -2.02. The molecule has 1 aromatic carbocycles. The largest absolute Gasteiger partial charge is 0.497 e. The Kier molecular flexibility index (Phi) is 4.24. The SMILES string of the molecule is CCn1c(O)c(N=NC(=O)c2cccnc2)c2cc(OC)ccc21. The second-order valence-corrected chi connectivity index (χ2v) is 5.05. The molecule has 3 rings (SSSR count). The number of carbonyl (C=O) groups is 1. The molecule has 2 aromatic heterocycles. The smallest absolute Gasteiger partial charge is 0.296 e. The van der Waals surface area contributed by atoms with Crippen LogP contribution in [0.25, 0.3) is 10.9 Å². The lowest BCUT2D eigenvalue weighted by atomic mass is 10.2. The quantitative estimate of drug-likeness (QED) is 0.741. The maximum atomic E-state index is 12.1. The van der Waals surface area contributed by atoms with E-state index in [1.807, 2.05) is 13.0 Å². The van der Waals surface area contributed by atoms with E-state index in [4.69, 9.17) is 4.74 Å². The number of rotatable bonds is 4. The van der Waals surface area contributed by atoms with Crippen molar-refractivity contribution in [3.05, 3.63) is 48.3 Å². The van der Waals surface area contributed by atoms with E-state index >= 15 is 0 Å². The highest BCUT2D eigenvalue weighted by atomic mass is 16.5. The summed E-state index contributed by atoms with van der Waals surface area (Å²) in [5, 5.41) is 18.8. The average molecular weight is 324 g/mol. The maximum absolute atomic E-state index is 12.1. The van der Waals surface area contributed by atoms with Crippen molar-refractivity contribution in [1.29, 1.82) is 0 Å². The van der Waals surface area contributed by atoms with Crippen LogP contribution in [0.4, 0.5) is 5.69 Å². The Morgan fingerprint density at radius 3 is 2.88 bits per heavy atom. The number of aryl methyl sites for hydroxylation is 1. The predicted molar refractivity (Wildman–Crippen MR) is 88.9 cm³/mol. The Balaban J connectivity index is 2.06. The molecule has 0 atom stereocenters.